The summed E-state index contributed by atoms with van der Waals surface area (Å²) in [6.07, 6.45) is 0. The van der Waals surface area contributed by atoms with E-state index in [4.69, 9.17) is 24.8 Å². The minimum atomic E-state index is -1.82. The van der Waals surface area contributed by atoms with Gasteiger partial charge in [-0.3, -0.25) is 19.4 Å². The van der Waals surface area contributed by atoms with Crippen molar-refractivity contribution in [2.45, 2.75) is 13.5 Å². The van der Waals surface area contributed by atoms with E-state index in [0.717, 1.165) is 43.4 Å². The van der Waals surface area contributed by atoms with Gasteiger partial charge >= 0.3 is 11.9 Å². The highest BCUT2D eigenvalue weighted by atomic mass is 32.1. The van der Waals surface area contributed by atoms with E-state index in [0.29, 0.717) is 17.8 Å². The van der Waals surface area contributed by atoms with Crippen LogP contribution in [0.25, 0.3) is 10.6 Å². The maximum atomic E-state index is 12.3. The van der Waals surface area contributed by atoms with Crippen LogP contribution in [0.1, 0.15) is 22.3 Å². The smallest absolute Gasteiger partial charge is 0.414 e. The number of benzene rings is 1. The highest BCUT2D eigenvalue weighted by Gasteiger charge is 2.20. The number of hydrogen-bond acceptors (Lipinski definition) is 9. The number of amides is 1. The zero-order valence-corrected chi connectivity index (χ0v) is 21.2. The van der Waals surface area contributed by atoms with Crippen molar-refractivity contribution in [2.24, 2.45) is 0 Å². The second-order valence-corrected chi connectivity index (χ2v) is 9.84. The molecule has 0 saturated carbocycles. The number of carbonyl (C=O) groups excluding carboxylic acids is 2. The van der Waals surface area contributed by atoms with Gasteiger partial charge in [-0.05, 0) is 42.6 Å². The van der Waals surface area contributed by atoms with Crippen molar-refractivity contribution in [3.8, 4) is 10.6 Å². The Hall–Kier alpha value is -3.45. The Morgan fingerprint density at radius 1 is 0.944 bits per heavy atom. The molecule has 4 rings (SSSR count). The molecule has 10 nitrogen and oxygen atoms in total. The third-order valence-electron chi connectivity index (χ3n) is 5.27. The van der Waals surface area contributed by atoms with Crippen LogP contribution in [-0.2, 0) is 20.9 Å². The lowest BCUT2D eigenvalue weighted by Gasteiger charge is -2.33. The SMILES string of the molecule is CC(=O)c1ccc(NC(=O)CN2CCN(Cc3nc(-c4cccs4)cs3)CC2)cc1.O=C(O)C(=O)O. The summed E-state index contributed by atoms with van der Waals surface area (Å²) in [6, 6.07) is 11.2. The van der Waals surface area contributed by atoms with E-state index in [2.05, 4.69) is 38.0 Å². The van der Waals surface area contributed by atoms with Crippen LogP contribution in [-0.4, -0.2) is 81.3 Å². The zero-order valence-electron chi connectivity index (χ0n) is 19.5. The first-order chi connectivity index (χ1) is 17.2. The number of nitrogens with zero attached hydrogens (tertiary/aromatic N) is 3. The molecular weight excluding hydrogens is 504 g/mol. The van der Waals surface area contributed by atoms with Crippen LogP contribution in [0.2, 0.25) is 0 Å². The fourth-order valence-electron chi connectivity index (χ4n) is 3.41. The molecule has 12 heteroatoms. The number of Topliss-reactive ketones (excluding diaryl/α,β-unsaturated/α-hetero) is 1. The fourth-order valence-corrected chi connectivity index (χ4v) is 5.01. The molecule has 1 amide bonds. The molecule has 0 spiro atoms. The third kappa shape index (κ3) is 8.34. The maximum Gasteiger partial charge on any atom is 0.414 e. The van der Waals surface area contributed by atoms with Gasteiger partial charge < -0.3 is 15.5 Å². The number of ketones is 1. The van der Waals surface area contributed by atoms with Crippen molar-refractivity contribution in [1.29, 1.82) is 0 Å². The normalized spacial score (nSPS) is 13.9. The van der Waals surface area contributed by atoms with Gasteiger partial charge in [-0.1, -0.05) is 6.07 Å². The lowest BCUT2D eigenvalue weighted by molar-refractivity contribution is -0.159. The highest BCUT2D eigenvalue weighted by molar-refractivity contribution is 7.14. The number of nitrogens with one attached hydrogen (secondary N) is 1. The summed E-state index contributed by atoms with van der Waals surface area (Å²) in [5.74, 6) is -3.66. The number of carboxylic acid groups (broad SMARTS) is 2. The number of aliphatic carboxylic acids is 2. The van der Waals surface area contributed by atoms with E-state index in [1.807, 2.05) is 0 Å². The Morgan fingerprint density at radius 3 is 2.14 bits per heavy atom. The second kappa shape index (κ2) is 13.0. The molecule has 36 heavy (non-hydrogen) atoms. The van der Waals surface area contributed by atoms with Crippen molar-refractivity contribution in [1.82, 2.24) is 14.8 Å². The van der Waals surface area contributed by atoms with Gasteiger partial charge in [0.1, 0.15) is 5.01 Å². The van der Waals surface area contributed by atoms with Gasteiger partial charge in [-0.2, -0.15) is 0 Å². The predicted molar refractivity (Wildman–Crippen MR) is 137 cm³/mol. The predicted octanol–water partition coefficient (Wildman–Crippen LogP) is 2.99. The lowest BCUT2D eigenvalue weighted by atomic mass is 10.1. The molecule has 0 unspecified atom stereocenters. The van der Waals surface area contributed by atoms with E-state index in [9.17, 15) is 9.59 Å². The average Bonchev–Trinajstić information content (AvgIpc) is 3.53. The van der Waals surface area contributed by atoms with Crippen molar-refractivity contribution < 1.29 is 29.4 Å². The first-order valence-electron chi connectivity index (χ1n) is 11.0. The molecule has 2 aromatic heterocycles. The molecule has 3 aromatic rings. The number of hydrogen-bond donors (Lipinski definition) is 3. The van der Waals surface area contributed by atoms with Crippen LogP contribution in [0.5, 0.6) is 0 Å². The Kier molecular flexibility index (Phi) is 9.82. The van der Waals surface area contributed by atoms with Crippen LogP contribution >= 0.6 is 22.7 Å². The number of aromatic nitrogens is 1. The van der Waals surface area contributed by atoms with Gasteiger partial charge in [0, 0.05) is 42.8 Å². The molecule has 0 bridgehead atoms. The van der Waals surface area contributed by atoms with Gasteiger partial charge in [0.2, 0.25) is 5.91 Å². The first kappa shape index (κ1) is 27.1. The largest absolute Gasteiger partial charge is 0.473 e. The molecule has 3 N–H and O–H groups in total. The average molecular weight is 531 g/mol. The Morgan fingerprint density at radius 2 is 1.58 bits per heavy atom. The Bertz CT molecular complexity index is 1170. The van der Waals surface area contributed by atoms with Gasteiger partial charge in [0.05, 0.1) is 23.7 Å². The maximum absolute atomic E-state index is 12.3. The summed E-state index contributed by atoms with van der Waals surface area (Å²) >= 11 is 3.43. The minimum Gasteiger partial charge on any atom is -0.473 e. The van der Waals surface area contributed by atoms with Gasteiger partial charge in [0.15, 0.2) is 5.78 Å². The summed E-state index contributed by atoms with van der Waals surface area (Å²) in [5.41, 5.74) is 2.43. The van der Waals surface area contributed by atoms with E-state index in [1.165, 1.54) is 11.8 Å². The van der Waals surface area contributed by atoms with Crippen LogP contribution in [0.15, 0.2) is 47.2 Å². The molecule has 0 radical (unpaired) electrons. The molecule has 1 aromatic carbocycles. The summed E-state index contributed by atoms with van der Waals surface area (Å²) in [5, 5.41) is 23.0. The number of rotatable bonds is 7. The Labute approximate surface area is 215 Å². The third-order valence-corrected chi connectivity index (χ3v) is 7.00. The van der Waals surface area contributed by atoms with E-state index in [-0.39, 0.29) is 11.7 Å². The van der Waals surface area contributed by atoms with Crippen LogP contribution in [0.3, 0.4) is 0 Å². The van der Waals surface area contributed by atoms with Crippen LogP contribution < -0.4 is 5.32 Å². The summed E-state index contributed by atoms with van der Waals surface area (Å²) < 4.78 is 0. The zero-order chi connectivity index (χ0) is 26.1. The number of piperazine rings is 1. The van der Waals surface area contributed by atoms with Gasteiger partial charge in [-0.15, -0.1) is 22.7 Å². The van der Waals surface area contributed by atoms with Crippen molar-refractivity contribution in [3.05, 3.63) is 57.7 Å². The summed E-state index contributed by atoms with van der Waals surface area (Å²) in [7, 11) is 0. The van der Waals surface area contributed by atoms with Crippen molar-refractivity contribution >= 4 is 52.0 Å². The molecule has 190 valence electrons. The summed E-state index contributed by atoms with van der Waals surface area (Å²) in [4.78, 5) is 52.4. The van der Waals surface area contributed by atoms with Crippen LogP contribution in [0.4, 0.5) is 5.69 Å². The Balaban J connectivity index is 0.000000538. The molecule has 1 saturated heterocycles. The van der Waals surface area contributed by atoms with Crippen LogP contribution in [0, 0.1) is 0 Å². The summed E-state index contributed by atoms with van der Waals surface area (Å²) in [6.45, 7) is 6.34. The van der Waals surface area contributed by atoms with Gasteiger partial charge in [-0.25, -0.2) is 14.6 Å². The molecular formula is C24H26N4O6S2. The topological polar surface area (TPSA) is 140 Å². The fraction of sp³-hybridized carbons (Fsp3) is 0.292. The molecule has 1 aliphatic heterocycles. The van der Waals surface area contributed by atoms with E-state index < -0.39 is 11.9 Å². The number of thiazole rings is 1. The van der Waals surface area contributed by atoms with E-state index in [1.54, 1.807) is 46.9 Å². The number of thiophene rings is 1. The molecule has 1 aliphatic rings. The second-order valence-electron chi connectivity index (χ2n) is 7.95. The molecule has 3 heterocycles. The molecule has 0 aliphatic carbocycles. The monoisotopic (exact) mass is 530 g/mol. The quantitative estimate of drug-likeness (QED) is 0.311. The standard InChI is InChI=1S/C22H24N4O2S2.C2H2O4/c1-16(27)17-4-6-18(7-5-17)23-21(28)13-25-8-10-26(11-9-25)14-22-24-19(15-30-22)20-3-2-12-29-20;3-1(4)2(5)6/h2-7,12,15H,8-11,13-14H2,1H3,(H,23,28);(H,3,4)(H,5,6). The highest BCUT2D eigenvalue weighted by Crippen LogP contribution is 2.26. The minimum absolute atomic E-state index is 0.0197. The molecule has 1 fully saturated rings. The van der Waals surface area contributed by atoms with Crippen molar-refractivity contribution in [2.75, 3.05) is 38.0 Å². The number of anilines is 1. The first-order valence-corrected chi connectivity index (χ1v) is 12.8. The van der Waals surface area contributed by atoms with E-state index >= 15 is 0 Å². The molecule has 0 atom stereocenters. The lowest BCUT2D eigenvalue weighted by Crippen LogP contribution is -2.48. The van der Waals surface area contributed by atoms with Gasteiger partial charge in [0.25, 0.3) is 0 Å². The van der Waals surface area contributed by atoms with Crippen molar-refractivity contribution in [3.63, 3.8) is 0 Å². The number of carboxylic acids is 2. The number of carbonyl (C=O) groups is 4.